The second-order valence-electron chi connectivity index (χ2n) is 4.79. The normalized spacial score (nSPS) is 16.1. The Morgan fingerprint density at radius 2 is 1.73 bits per heavy atom. The highest BCUT2D eigenvalue weighted by molar-refractivity contribution is 5.20. The van der Waals surface area contributed by atoms with Crippen molar-refractivity contribution in [2.75, 3.05) is 6.61 Å². The largest absolute Gasteiger partial charge is 0.396 e. The zero-order chi connectivity index (χ0) is 11.5. The van der Waals surface area contributed by atoms with E-state index in [9.17, 15) is 10.2 Å². The van der Waals surface area contributed by atoms with Gasteiger partial charge in [-0.3, -0.25) is 0 Å². The van der Waals surface area contributed by atoms with Gasteiger partial charge in [0.2, 0.25) is 0 Å². The van der Waals surface area contributed by atoms with E-state index in [2.05, 4.69) is 0 Å². The summed E-state index contributed by atoms with van der Waals surface area (Å²) in [4.78, 5) is 0. The predicted octanol–water partition coefficient (Wildman–Crippen LogP) is 2.17. The van der Waals surface area contributed by atoms with Gasteiger partial charge in [-0.05, 0) is 5.56 Å². The molecular weight excluding hydrogens is 188 g/mol. The summed E-state index contributed by atoms with van der Waals surface area (Å²) in [5.74, 6) is 0.0355. The Labute approximate surface area is 91.6 Å². The highest BCUT2D eigenvalue weighted by atomic mass is 16.3. The number of rotatable bonds is 4. The SMILES string of the molecule is CC(c1ccccc1)C(O)C(C)(C)CO. The molecule has 0 spiro atoms. The van der Waals surface area contributed by atoms with E-state index in [4.69, 9.17) is 0 Å². The van der Waals surface area contributed by atoms with E-state index in [1.807, 2.05) is 51.1 Å². The minimum absolute atomic E-state index is 0.00859. The fourth-order valence-electron chi connectivity index (χ4n) is 1.71. The Bertz CT molecular complexity index is 293. The van der Waals surface area contributed by atoms with Gasteiger partial charge in [-0.25, -0.2) is 0 Å². The Balaban J connectivity index is 2.82. The van der Waals surface area contributed by atoms with Crippen molar-refractivity contribution in [3.8, 4) is 0 Å². The van der Waals surface area contributed by atoms with Crippen LogP contribution in [0.5, 0.6) is 0 Å². The van der Waals surface area contributed by atoms with Gasteiger partial charge in [0.25, 0.3) is 0 Å². The molecule has 0 aliphatic rings. The first kappa shape index (κ1) is 12.2. The van der Waals surface area contributed by atoms with Gasteiger partial charge in [0.1, 0.15) is 0 Å². The van der Waals surface area contributed by atoms with E-state index in [1.54, 1.807) is 0 Å². The Morgan fingerprint density at radius 1 is 1.20 bits per heavy atom. The van der Waals surface area contributed by atoms with Gasteiger partial charge in [-0.15, -0.1) is 0 Å². The lowest BCUT2D eigenvalue weighted by Gasteiger charge is -2.33. The molecule has 0 aliphatic carbocycles. The molecule has 0 saturated heterocycles. The fourth-order valence-corrected chi connectivity index (χ4v) is 1.71. The zero-order valence-electron chi connectivity index (χ0n) is 9.64. The van der Waals surface area contributed by atoms with Crippen LogP contribution in [0.3, 0.4) is 0 Å². The second-order valence-corrected chi connectivity index (χ2v) is 4.79. The maximum atomic E-state index is 10.1. The highest BCUT2D eigenvalue weighted by Crippen LogP contribution is 2.31. The molecule has 0 radical (unpaired) electrons. The third-order valence-electron chi connectivity index (χ3n) is 3.01. The van der Waals surface area contributed by atoms with Crippen molar-refractivity contribution in [1.82, 2.24) is 0 Å². The van der Waals surface area contributed by atoms with E-state index >= 15 is 0 Å². The topological polar surface area (TPSA) is 40.5 Å². The van der Waals surface area contributed by atoms with Crippen molar-refractivity contribution < 1.29 is 10.2 Å². The van der Waals surface area contributed by atoms with Crippen LogP contribution in [0, 0.1) is 5.41 Å². The molecule has 2 nitrogen and oxygen atoms in total. The molecule has 1 aromatic rings. The van der Waals surface area contributed by atoms with Crippen molar-refractivity contribution in [3.05, 3.63) is 35.9 Å². The fraction of sp³-hybridized carbons (Fsp3) is 0.538. The van der Waals surface area contributed by atoms with Crippen LogP contribution in [-0.2, 0) is 0 Å². The van der Waals surface area contributed by atoms with E-state index < -0.39 is 11.5 Å². The molecule has 2 unspecified atom stereocenters. The molecule has 1 rings (SSSR count). The van der Waals surface area contributed by atoms with Gasteiger partial charge in [-0.2, -0.15) is 0 Å². The van der Waals surface area contributed by atoms with E-state index in [0.29, 0.717) is 0 Å². The van der Waals surface area contributed by atoms with Gasteiger partial charge in [0, 0.05) is 11.3 Å². The first-order valence-electron chi connectivity index (χ1n) is 5.33. The molecule has 2 heteroatoms. The molecule has 0 amide bonds. The van der Waals surface area contributed by atoms with Crippen LogP contribution in [0.25, 0.3) is 0 Å². The lowest BCUT2D eigenvalue weighted by molar-refractivity contribution is -0.00611. The molecule has 84 valence electrons. The lowest BCUT2D eigenvalue weighted by atomic mass is 9.78. The number of hydrogen-bond donors (Lipinski definition) is 2. The summed E-state index contributed by atoms with van der Waals surface area (Å²) in [5.41, 5.74) is 0.640. The number of hydrogen-bond acceptors (Lipinski definition) is 2. The highest BCUT2D eigenvalue weighted by Gasteiger charge is 2.31. The van der Waals surface area contributed by atoms with Gasteiger partial charge >= 0.3 is 0 Å². The third-order valence-corrected chi connectivity index (χ3v) is 3.01. The smallest absolute Gasteiger partial charge is 0.0678 e. The summed E-state index contributed by atoms with van der Waals surface area (Å²) in [5, 5.41) is 19.3. The number of aliphatic hydroxyl groups excluding tert-OH is 2. The molecule has 0 aliphatic heterocycles. The second kappa shape index (κ2) is 4.77. The van der Waals surface area contributed by atoms with Crippen molar-refractivity contribution >= 4 is 0 Å². The first-order chi connectivity index (χ1) is 6.99. The zero-order valence-corrected chi connectivity index (χ0v) is 9.64. The molecule has 0 fully saturated rings. The molecule has 15 heavy (non-hydrogen) atoms. The number of benzene rings is 1. The van der Waals surface area contributed by atoms with Crippen molar-refractivity contribution in [1.29, 1.82) is 0 Å². The molecule has 0 heterocycles. The van der Waals surface area contributed by atoms with E-state index in [1.165, 1.54) is 0 Å². The Morgan fingerprint density at radius 3 is 2.20 bits per heavy atom. The van der Waals surface area contributed by atoms with E-state index in [-0.39, 0.29) is 12.5 Å². The Kier molecular flexibility index (Phi) is 3.89. The quantitative estimate of drug-likeness (QED) is 0.796. The summed E-state index contributed by atoms with van der Waals surface area (Å²) in [6.45, 7) is 5.72. The van der Waals surface area contributed by atoms with Crippen LogP contribution in [-0.4, -0.2) is 22.9 Å². The molecule has 0 saturated carbocycles. The van der Waals surface area contributed by atoms with Crippen LogP contribution in [0.2, 0.25) is 0 Å². The average Bonchev–Trinajstić information content (AvgIpc) is 2.28. The van der Waals surface area contributed by atoms with Gasteiger partial charge < -0.3 is 10.2 Å². The minimum atomic E-state index is -0.537. The van der Waals surface area contributed by atoms with Gasteiger partial charge in [0.05, 0.1) is 12.7 Å². The molecule has 1 aromatic carbocycles. The summed E-state index contributed by atoms with van der Waals surface area (Å²) in [6, 6.07) is 9.89. The maximum absolute atomic E-state index is 10.1. The molecule has 0 aromatic heterocycles. The summed E-state index contributed by atoms with van der Waals surface area (Å²) >= 11 is 0. The van der Waals surface area contributed by atoms with Crippen LogP contribution in [0.4, 0.5) is 0 Å². The molecular formula is C13H20O2. The number of aliphatic hydroxyl groups is 2. The molecule has 2 N–H and O–H groups in total. The standard InChI is InChI=1S/C13H20O2/c1-10(11-7-5-4-6-8-11)12(15)13(2,3)9-14/h4-8,10,12,14-15H,9H2,1-3H3. The maximum Gasteiger partial charge on any atom is 0.0678 e. The first-order valence-corrected chi connectivity index (χ1v) is 5.33. The summed E-state index contributed by atoms with van der Waals surface area (Å²) in [6.07, 6.45) is -0.537. The minimum Gasteiger partial charge on any atom is -0.396 e. The van der Waals surface area contributed by atoms with Gasteiger partial charge in [0.15, 0.2) is 0 Å². The lowest BCUT2D eigenvalue weighted by Crippen LogP contribution is -2.36. The van der Waals surface area contributed by atoms with E-state index in [0.717, 1.165) is 5.56 Å². The van der Waals surface area contributed by atoms with Crippen LogP contribution >= 0.6 is 0 Å². The van der Waals surface area contributed by atoms with Crippen molar-refractivity contribution in [2.45, 2.75) is 32.8 Å². The van der Waals surface area contributed by atoms with Crippen LogP contribution in [0.15, 0.2) is 30.3 Å². The third kappa shape index (κ3) is 2.80. The van der Waals surface area contributed by atoms with Crippen LogP contribution < -0.4 is 0 Å². The predicted molar refractivity (Wildman–Crippen MR) is 61.7 cm³/mol. The van der Waals surface area contributed by atoms with Crippen molar-refractivity contribution in [2.24, 2.45) is 5.41 Å². The average molecular weight is 208 g/mol. The molecule has 2 atom stereocenters. The van der Waals surface area contributed by atoms with Crippen LogP contribution in [0.1, 0.15) is 32.3 Å². The summed E-state index contributed by atoms with van der Waals surface area (Å²) < 4.78 is 0. The summed E-state index contributed by atoms with van der Waals surface area (Å²) in [7, 11) is 0. The molecule has 0 bridgehead atoms. The van der Waals surface area contributed by atoms with Crippen molar-refractivity contribution in [3.63, 3.8) is 0 Å². The monoisotopic (exact) mass is 208 g/mol. The Hall–Kier alpha value is -0.860. The van der Waals surface area contributed by atoms with Gasteiger partial charge in [-0.1, -0.05) is 51.1 Å².